The molecule has 0 bridgehead atoms. The van der Waals surface area contributed by atoms with Gasteiger partial charge in [-0.15, -0.1) is 0 Å². The molecule has 0 amide bonds. The normalized spacial score (nSPS) is 25.4. The van der Waals surface area contributed by atoms with E-state index in [9.17, 15) is 8.42 Å². The van der Waals surface area contributed by atoms with Crippen molar-refractivity contribution in [3.8, 4) is 0 Å². The molecule has 0 spiro atoms. The van der Waals surface area contributed by atoms with Gasteiger partial charge in [-0.2, -0.15) is 8.42 Å². The van der Waals surface area contributed by atoms with Crippen LogP contribution in [0.25, 0.3) is 0 Å². The van der Waals surface area contributed by atoms with E-state index in [1.165, 1.54) is 0 Å². The summed E-state index contributed by atoms with van der Waals surface area (Å²) in [6, 6.07) is 7.23. The van der Waals surface area contributed by atoms with Crippen molar-refractivity contribution in [2.75, 3.05) is 0 Å². The van der Waals surface area contributed by atoms with Crippen molar-refractivity contribution >= 4 is 21.9 Å². The summed E-state index contributed by atoms with van der Waals surface area (Å²) in [6.45, 7) is 5.48. The summed E-state index contributed by atoms with van der Waals surface area (Å²) < 4.78 is 39.6. The fourth-order valence-electron chi connectivity index (χ4n) is 2.77. The number of nitrogens with two attached hydrogens (primary N) is 1. The quantitative estimate of drug-likeness (QED) is 0.839. The van der Waals surface area contributed by atoms with Crippen LogP contribution in [0, 0.1) is 0 Å². The number of hydrogen-bond donors (Lipinski definition) is 1. The minimum absolute atomic E-state index is 0.525. The van der Waals surface area contributed by atoms with E-state index in [-0.39, 0.29) is 0 Å². The Morgan fingerprint density at radius 1 is 1.30 bits per heavy atom. The van der Waals surface area contributed by atoms with Crippen LogP contribution in [0.15, 0.2) is 24.3 Å². The molecule has 1 aromatic rings. The molecule has 3 unspecified atom stereocenters. The third-order valence-corrected chi connectivity index (χ3v) is 4.94. The highest BCUT2D eigenvalue weighted by Crippen LogP contribution is 2.45. The maximum Gasteiger partial charge on any atom is 0.333 e. The molecular weight excluding hydrogens is 342 g/mol. The van der Waals surface area contributed by atoms with E-state index in [2.05, 4.69) is 0 Å². The summed E-state index contributed by atoms with van der Waals surface area (Å²) in [7, 11) is -4.10. The number of hydrogen-bond acceptors (Lipinski definition) is 5. The molecule has 23 heavy (non-hydrogen) atoms. The van der Waals surface area contributed by atoms with Gasteiger partial charge in [-0.3, -0.25) is 4.18 Å². The standard InChI is InChI=1S/C15H22ClNO5S/c1-4-15(5-2)20-13(10(3)22-23(17,18)19)14(21-15)11-8-6-7-9-12(11)16/h6-10,13-14H,4-5H2,1-3H3,(H2,17,18,19). The lowest BCUT2D eigenvalue weighted by atomic mass is 10.0. The molecule has 0 radical (unpaired) electrons. The predicted molar refractivity (Wildman–Crippen MR) is 87.1 cm³/mol. The van der Waals surface area contributed by atoms with Crippen molar-refractivity contribution in [2.45, 2.75) is 57.7 Å². The highest BCUT2D eigenvalue weighted by molar-refractivity contribution is 7.84. The zero-order valence-electron chi connectivity index (χ0n) is 13.4. The number of benzene rings is 1. The molecule has 1 saturated heterocycles. The first-order valence-electron chi connectivity index (χ1n) is 7.52. The van der Waals surface area contributed by atoms with Gasteiger partial charge in [0.1, 0.15) is 18.3 Å². The average Bonchev–Trinajstić information content (AvgIpc) is 2.87. The van der Waals surface area contributed by atoms with Crippen molar-refractivity contribution < 1.29 is 22.1 Å². The highest BCUT2D eigenvalue weighted by Gasteiger charge is 2.49. The Morgan fingerprint density at radius 3 is 2.43 bits per heavy atom. The fourth-order valence-corrected chi connectivity index (χ4v) is 3.55. The van der Waals surface area contributed by atoms with Crippen molar-refractivity contribution in [1.29, 1.82) is 0 Å². The topological polar surface area (TPSA) is 87.9 Å². The highest BCUT2D eigenvalue weighted by atomic mass is 35.5. The lowest BCUT2D eigenvalue weighted by Gasteiger charge is -2.25. The molecule has 6 nitrogen and oxygen atoms in total. The monoisotopic (exact) mass is 363 g/mol. The fraction of sp³-hybridized carbons (Fsp3) is 0.600. The third-order valence-electron chi connectivity index (χ3n) is 4.03. The Morgan fingerprint density at radius 2 is 1.91 bits per heavy atom. The van der Waals surface area contributed by atoms with E-state index in [1.807, 2.05) is 32.0 Å². The van der Waals surface area contributed by atoms with E-state index in [4.69, 9.17) is 30.4 Å². The van der Waals surface area contributed by atoms with E-state index in [0.717, 1.165) is 5.56 Å². The van der Waals surface area contributed by atoms with E-state index in [1.54, 1.807) is 13.0 Å². The molecule has 2 N–H and O–H groups in total. The van der Waals surface area contributed by atoms with Crippen LogP contribution in [0.3, 0.4) is 0 Å². The van der Waals surface area contributed by atoms with Crippen LogP contribution >= 0.6 is 11.6 Å². The molecule has 1 aliphatic rings. The Hall–Kier alpha value is -0.700. The van der Waals surface area contributed by atoms with Crippen LogP contribution in [-0.4, -0.2) is 26.4 Å². The van der Waals surface area contributed by atoms with Crippen molar-refractivity contribution in [3.63, 3.8) is 0 Å². The summed E-state index contributed by atoms with van der Waals surface area (Å²) in [5, 5.41) is 5.50. The summed E-state index contributed by atoms with van der Waals surface area (Å²) in [5.74, 6) is -0.801. The smallest absolute Gasteiger partial charge is 0.333 e. The van der Waals surface area contributed by atoms with Gasteiger partial charge < -0.3 is 9.47 Å². The minimum Gasteiger partial charge on any atom is -0.341 e. The first-order chi connectivity index (χ1) is 10.7. The number of ether oxygens (including phenoxy) is 2. The Balaban J connectivity index is 2.37. The van der Waals surface area contributed by atoms with Crippen LogP contribution < -0.4 is 5.14 Å². The first-order valence-corrected chi connectivity index (χ1v) is 9.37. The third kappa shape index (κ3) is 4.23. The van der Waals surface area contributed by atoms with Crippen molar-refractivity contribution in [3.05, 3.63) is 34.9 Å². The van der Waals surface area contributed by atoms with Crippen LogP contribution in [0.1, 0.15) is 45.3 Å². The largest absolute Gasteiger partial charge is 0.341 e. The molecule has 3 atom stereocenters. The van der Waals surface area contributed by atoms with E-state index in [0.29, 0.717) is 17.9 Å². The molecule has 1 aromatic carbocycles. The van der Waals surface area contributed by atoms with Gasteiger partial charge >= 0.3 is 10.3 Å². The molecule has 1 heterocycles. The van der Waals surface area contributed by atoms with Crippen LogP contribution in [0.4, 0.5) is 0 Å². The summed E-state index contributed by atoms with van der Waals surface area (Å²) in [5.41, 5.74) is 0.729. The van der Waals surface area contributed by atoms with Gasteiger partial charge in [0.05, 0.1) is 0 Å². The maximum atomic E-state index is 11.2. The van der Waals surface area contributed by atoms with Gasteiger partial charge in [-0.1, -0.05) is 43.6 Å². The Bertz CT molecular complexity index is 647. The second-order valence-corrected chi connectivity index (χ2v) is 7.14. The van der Waals surface area contributed by atoms with Crippen LogP contribution in [0.5, 0.6) is 0 Å². The Kier molecular flexibility index (Phi) is 5.71. The van der Waals surface area contributed by atoms with Crippen LogP contribution in [-0.2, 0) is 24.0 Å². The maximum absolute atomic E-state index is 11.2. The molecule has 1 aliphatic heterocycles. The lowest BCUT2D eigenvalue weighted by Crippen LogP contribution is -2.36. The summed E-state index contributed by atoms with van der Waals surface area (Å²) in [4.78, 5) is 0. The van der Waals surface area contributed by atoms with E-state index < -0.39 is 34.4 Å². The van der Waals surface area contributed by atoms with Crippen LogP contribution in [0.2, 0.25) is 5.02 Å². The zero-order chi connectivity index (χ0) is 17.3. The molecule has 8 heteroatoms. The second-order valence-electron chi connectivity index (χ2n) is 5.55. The molecule has 1 fully saturated rings. The molecule has 130 valence electrons. The van der Waals surface area contributed by atoms with Gasteiger partial charge in [-0.25, -0.2) is 5.14 Å². The average molecular weight is 364 g/mol. The molecular formula is C15H22ClNO5S. The Labute approximate surface area is 142 Å². The van der Waals surface area contributed by atoms with E-state index >= 15 is 0 Å². The molecule has 0 saturated carbocycles. The second kappa shape index (κ2) is 7.04. The molecule has 0 aliphatic carbocycles. The van der Waals surface area contributed by atoms with Crippen molar-refractivity contribution in [2.24, 2.45) is 5.14 Å². The first kappa shape index (κ1) is 18.6. The molecule has 2 rings (SSSR count). The number of halogens is 1. The van der Waals surface area contributed by atoms with Gasteiger partial charge in [0.2, 0.25) is 0 Å². The molecule has 0 aromatic heterocycles. The number of rotatable bonds is 6. The lowest BCUT2D eigenvalue weighted by molar-refractivity contribution is -0.184. The summed E-state index contributed by atoms with van der Waals surface area (Å²) >= 11 is 6.27. The predicted octanol–water partition coefficient (Wildman–Crippen LogP) is 2.92. The zero-order valence-corrected chi connectivity index (χ0v) is 14.9. The summed E-state index contributed by atoms with van der Waals surface area (Å²) in [6.07, 6.45) is -0.772. The van der Waals surface area contributed by atoms with Gasteiger partial charge in [0, 0.05) is 10.6 Å². The SMILES string of the molecule is CCC1(CC)OC(c2ccccc2Cl)C(C(C)OS(N)(=O)=O)O1. The minimum atomic E-state index is -4.10. The van der Waals surface area contributed by atoms with Crippen molar-refractivity contribution in [1.82, 2.24) is 0 Å². The van der Waals surface area contributed by atoms with Gasteiger partial charge in [0.15, 0.2) is 5.79 Å². The van der Waals surface area contributed by atoms with Gasteiger partial charge in [0.25, 0.3) is 0 Å². The van der Waals surface area contributed by atoms with Gasteiger partial charge in [-0.05, 0) is 25.8 Å².